The third-order valence-corrected chi connectivity index (χ3v) is 6.15. The van der Waals surface area contributed by atoms with Gasteiger partial charge in [-0.15, -0.1) is 11.3 Å². The number of likely N-dealkylation sites (N-methyl/N-ethyl adjacent to an activating group) is 1. The van der Waals surface area contributed by atoms with Crippen LogP contribution in [0.2, 0.25) is 0 Å². The molecular formula is C21H25N5O2S. The summed E-state index contributed by atoms with van der Waals surface area (Å²) < 4.78 is 0.621. The standard InChI is InChI=1S/C21H25N5O2S/c1-24(14-18-22-17-7-12-29-20(17)21(28)23-18)19(27)15-26-10-8-25(9-11-26)13-16-5-3-2-4-6-16/h2-7,12H,8-11,13-15H2,1H3,(H,22,23,28). The quantitative estimate of drug-likeness (QED) is 0.669. The van der Waals surface area contributed by atoms with E-state index in [1.807, 2.05) is 17.5 Å². The number of thiophene rings is 1. The monoisotopic (exact) mass is 411 g/mol. The molecule has 0 unspecified atom stereocenters. The number of carbonyl (C=O) groups excluding carboxylic acids is 1. The summed E-state index contributed by atoms with van der Waals surface area (Å²) in [5.41, 5.74) is 1.86. The van der Waals surface area contributed by atoms with Crippen molar-refractivity contribution < 1.29 is 4.79 Å². The van der Waals surface area contributed by atoms with Crippen LogP contribution in [-0.4, -0.2) is 70.3 Å². The van der Waals surface area contributed by atoms with Crippen LogP contribution in [0.3, 0.4) is 0 Å². The number of hydrogen-bond acceptors (Lipinski definition) is 6. The summed E-state index contributed by atoms with van der Waals surface area (Å²) in [6.07, 6.45) is 0. The van der Waals surface area contributed by atoms with Crippen LogP contribution in [-0.2, 0) is 17.9 Å². The average molecular weight is 412 g/mol. The van der Waals surface area contributed by atoms with Gasteiger partial charge in [-0.1, -0.05) is 30.3 Å². The Balaban J connectivity index is 1.27. The molecule has 1 aliphatic rings. The van der Waals surface area contributed by atoms with Crippen molar-refractivity contribution in [1.29, 1.82) is 0 Å². The van der Waals surface area contributed by atoms with Crippen LogP contribution in [0.25, 0.3) is 10.2 Å². The number of rotatable bonds is 6. The fraction of sp³-hybridized carbons (Fsp3) is 0.381. The third-order valence-electron chi connectivity index (χ3n) is 5.25. The summed E-state index contributed by atoms with van der Waals surface area (Å²) in [5, 5.41) is 1.85. The van der Waals surface area contributed by atoms with Gasteiger partial charge in [0.1, 0.15) is 10.5 Å². The summed E-state index contributed by atoms with van der Waals surface area (Å²) >= 11 is 1.37. The topological polar surface area (TPSA) is 72.5 Å². The molecule has 3 aromatic rings. The number of nitrogens with zero attached hydrogens (tertiary/aromatic N) is 4. The van der Waals surface area contributed by atoms with Crippen LogP contribution < -0.4 is 5.56 Å². The van der Waals surface area contributed by atoms with E-state index in [2.05, 4.69) is 44.0 Å². The molecule has 2 aromatic heterocycles. The lowest BCUT2D eigenvalue weighted by molar-refractivity contribution is -0.132. The zero-order chi connectivity index (χ0) is 20.2. The lowest BCUT2D eigenvalue weighted by Gasteiger charge is -2.35. The highest BCUT2D eigenvalue weighted by Gasteiger charge is 2.21. The Morgan fingerprint density at radius 1 is 1.14 bits per heavy atom. The molecule has 4 rings (SSSR count). The van der Waals surface area contributed by atoms with Crippen LogP contribution in [0.1, 0.15) is 11.4 Å². The Morgan fingerprint density at radius 2 is 1.86 bits per heavy atom. The van der Waals surface area contributed by atoms with E-state index in [0.29, 0.717) is 29.1 Å². The van der Waals surface area contributed by atoms with E-state index < -0.39 is 0 Å². The van der Waals surface area contributed by atoms with E-state index >= 15 is 0 Å². The van der Waals surface area contributed by atoms with Gasteiger partial charge >= 0.3 is 0 Å². The zero-order valence-electron chi connectivity index (χ0n) is 16.5. The molecule has 29 heavy (non-hydrogen) atoms. The van der Waals surface area contributed by atoms with Gasteiger partial charge in [0.25, 0.3) is 5.56 Å². The molecule has 0 spiro atoms. The molecule has 1 N–H and O–H groups in total. The summed E-state index contributed by atoms with van der Waals surface area (Å²) in [6.45, 7) is 5.30. The van der Waals surface area contributed by atoms with Gasteiger partial charge < -0.3 is 9.88 Å². The number of H-pyrrole nitrogens is 1. The van der Waals surface area contributed by atoms with Crippen molar-refractivity contribution in [1.82, 2.24) is 24.7 Å². The number of carbonyl (C=O) groups is 1. The Morgan fingerprint density at radius 3 is 2.62 bits per heavy atom. The van der Waals surface area contributed by atoms with Gasteiger partial charge in [0.05, 0.1) is 18.6 Å². The smallest absolute Gasteiger partial charge is 0.268 e. The molecular weight excluding hydrogens is 386 g/mol. The maximum Gasteiger partial charge on any atom is 0.268 e. The number of benzene rings is 1. The first-order valence-corrected chi connectivity index (χ1v) is 10.7. The third kappa shape index (κ3) is 4.90. The first kappa shape index (κ1) is 19.8. The van der Waals surface area contributed by atoms with Gasteiger partial charge in [-0.25, -0.2) is 4.98 Å². The van der Waals surface area contributed by atoms with Crippen molar-refractivity contribution in [3.63, 3.8) is 0 Å². The number of fused-ring (bicyclic) bond motifs is 1. The van der Waals surface area contributed by atoms with E-state index in [-0.39, 0.29) is 11.5 Å². The van der Waals surface area contributed by atoms with Gasteiger partial charge in [-0.3, -0.25) is 19.4 Å². The number of aromatic amines is 1. The van der Waals surface area contributed by atoms with Crippen LogP contribution in [0.15, 0.2) is 46.6 Å². The molecule has 0 radical (unpaired) electrons. The molecule has 8 heteroatoms. The molecule has 0 aliphatic carbocycles. The van der Waals surface area contributed by atoms with Gasteiger partial charge in [0, 0.05) is 39.8 Å². The van der Waals surface area contributed by atoms with Crippen molar-refractivity contribution in [3.05, 3.63) is 63.5 Å². The molecule has 7 nitrogen and oxygen atoms in total. The molecule has 0 bridgehead atoms. The maximum atomic E-state index is 12.6. The Kier molecular flexibility index (Phi) is 6.03. The van der Waals surface area contributed by atoms with Crippen LogP contribution in [0.5, 0.6) is 0 Å². The van der Waals surface area contributed by atoms with Crippen molar-refractivity contribution in [2.75, 3.05) is 39.8 Å². The minimum atomic E-state index is -0.143. The lowest BCUT2D eigenvalue weighted by atomic mass is 10.2. The largest absolute Gasteiger partial charge is 0.337 e. The summed E-state index contributed by atoms with van der Waals surface area (Å²) in [6, 6.07) is 12.3. The SMILES string of the molecule is CN(Cc1nc2ccsc2c(=O)[nH]1)C(=O)CN1CCN(Cc2ccccc2)CC1. The van der Waals surface area contributed by atoms with Crippen LogP contribution >= 0.6 is 11.3 Å². The first-order chi connectivity index (χ1) is 14.1. The first-order valence-electron chi connectivity index (χ1n) is 9.77. The minimum Gasteiger partial charge on any atom is -0.337 e. The van der Waals surface area contributed by atoms with Gasteiger partial charge in [0.15, 0.2) is 0 Å². The molecule has 0 saturated carbocycles. The predicted octanol–water partition coefficient (Wildman–Crippen LogP) is 1.76. The molecule has 1 aromatic carbocycles. The van der Waals surface area contributed by atoms with Crippen molar-refractivity contribution in [3.8, 4) is 0 Å². The minimum absolute atomic E-state index is 0.0366. The molecule has 1 fully saturated rings. The fourth-order valence-corrected chi connectivity index (χ4v) is 4.29. The number of aromatic nitrogens is 2. The summed E-state index contributed by atoms with van der Waals surface area (Å²) in [7, 11) is 1.76. The Labute approximate surface area is 173 Å². The highest BCUT2D eigenvalue weighted by molar-refractivity contribution is 7.17. The van der Waals surface area contributed by atoms with Gasteiger partial charge in [-0.05, 0) is 17.0 Å². The lowest BCUT2D eigenvalue weighted by Crippen LogP contribution is -2.49. The fourth-order valence-electron chi connectivity index (χ4n) is 3.57. The average Bonchev–Trinajstić information content (AvgIpc) is 3.19. The van der Waals surface area contributed by atoms with E-state index in [9.17, 15) is 9.59 Å². The molecule has 0 atom stereocenters. The van der Waals surface area contributed by atoms with Gasteiger partial charge in [0.2, 0.25) is 5.91 Å². The highest BCUT2D eigenvalue weighted by Crippen LogP contribution is 2.14. The number of amides is 1. The van der Waals surface area contributed by atoms with E-state index in [4.69, 9.17) is 0 Å². The maximum absolute atomic E-state index is 12.6. The second-order valence-corrected chi connectivity index (χ2v) is 8.35. The van der Waals surface area contributed by atoms with Crippen molar-refractivity contribution in [2.45, 2.75) is 13.1 Å². The summed E-state index contributed by atoms with van der Waals surface area (Å²) in [5.74, 6) is 0.555. The summed E-state index contributed by atoms with van der Waals surface area (Å²) in [4.78, 5) is 38.2. The molecule has 152 valence electrons. The molecule has 1 amide bonds. The molecule has 1 saturated heterocycles. The number of nitrogens with one attached hydrogen (secondary N) is 1. The predicted molar refractivity (Wildman–Crippen MR) is 115 cm³/mol. The van der Waals surface area contributed by atoms with Crippen molar-refractivity contribution >= 4 is 27.5 Å². The van der Waals surface area contributed by atoms with E-state index in [1.54, 1.807) is 11.9 Å². The molecule has 1 aliphatic heterocycles. The van der Waals surface area contributed by atoms with Crippen molar-refractivity contribution in [2.24, 2.45) is 0 Å². The number of piperazine rings is 1. The Bertz CT molecular complexity index is 1020. The van der Waals surface area contributed by atoms with Crippen LogP contribution in [0.4, 0.5) is 0 Å². The van der Waals surface area contributed by atoms with Gasteiger partial charge in [-0.2, -0.15) is 0 Å². The second kappa shape index (κ2) is 8.86. The zero-order valence-corrected chi connectivity index (χ0v) is 17.3. The van der Waals surface area contributed by atoms with Crippen LogP contribution in [0, 0.1) is 0 Å². The van der Waals surface area contributed by atoms with E-state index in [0.717, 1.165) is 32.7 Å². The Hall–Kier alpha value is -2.55. The molecule has 3 heterocycles. The second-order valence-electron chi connectivity index (χ2n) is 7.44. The number of hydrogen-bond donors (Lipinski definition) is 1. The normalized spacial score (nSPS) is 15.6. The van der Waals surface area contributed by atoms with E-state index in [1.165, 1.54) is 16.9 Å². The highest BCUT2D eigenvalue weighted by atomic mass is 32.1.